The summed E-state index contributed by atoms with van der Waals surface area (Å²) < 4.78 is 4.80. The van der Waals surface area contributed by atoms with E-state index in [4.69, 9.17) is 4.74 Å². The number of ether oxygens (including phenoxy) is 1. The molecule has 0 radical (unpaired) electrons. The Morgan fingerprint density at radius 2 is 2.47 bits per heavy atom. The number of hydrogen-bond acceptors (Lipinski definition) is 4. The summed E-state index contributed by atoms with van der Waals surface area (Å²) in [6.07, 6.45) is 3.39. The lowest BCUT2D eigenvalue weighted by molar-refractivity contribution is -0.137. The highest BCUT2D eigenvalue weighted by Gasteiger charge is 2.15. The normalized spacial score (nSPS) is 23.2. The van der Waals surface area contributed by atoms with Gasteiger partial charge in [-0.25, -0.2) is 4.79 Å². The van der Waals surface area contributed by atoms with Crippen molar-refractivity contribution in [2.75, 3.05) is 32.8 Å². The third-order valence-electron chi connectivity index (χ3n) is 2.52. The molecule has 0 aromatic carbocycles. The summed E-state index contributed by atoms with van der Waals surface area (Å²) in [5, 5.41) is 3.33. The fourth-order valence-corrected chi connectivity index (χ4v) is 1.63. The van der Waals surface area contributed by atoms with Crippen LogP contribution in [0.3, 0.4) is 0 Å². The van der Waals surface area contributed by atoms with Crippen molar-refractivity contribution >= 4 is 5.97 Å². The summed E-state index contributed by atoms with van der Waals surface area (Å²) in [5.41, 5.74) is 0. The van der Waals surface area contributed by atoms with E-state index < -0.39 is 0 Å². The van der Waals surface area contributed by atoms with Gasteiger partial charge in [-0.1, -0.05) is 6.08 Å². The molecule has 1 fully saturated rings. The topological polar surface area (TPSA) is 41.6 Å². The predicted molar refractivity (Wildman–Crippen MR) is 59.7 cm³/mol. The Balaban J connectivity index is 2.25. The van der Waals surface area contributed by atoms with Crippen LogP contribution in [0.5, 0.6) is 0 Å². The maximum atomic E-state index is 11.0. The third kappa shape index (κ3) is 4.44. The first-order valence-corrected chi connectivity index (χ1v) is 5.52. The van der Waals surface area contributed by atoms with Gasteiger partial charge in [0.05, 0.1) is 6.61 Å². The minimum absolute atomic E-state index is 0.250. The number of nitrogens with zero attached hydrogens (tertiary/aromatic N) is 1. The summed E-state index contributed by atoms with van der Waals surface area (Å²) in [6, 6.07) is 0.533. The SMILES string of the molecule is CCOC(=O)/C=C/CN1CCNC[C@@H]1C. The van der Waals surface area contributed by atoms with E-state index in [0.717, 1.165) is 26.2 Å². The number of esters is 1. The predicted octanol–water partition coefficient (Wildman–Crippen LogP) is 0.399. The zero-order chi connectivity index (χ0) is 11.1. The van der Waals surface area contributed by atoms with Crippen LogP contribution in [0.25, 0.3) is 0 Å². The summed E-state index contributed by atoms with van der Waals surface area (Å²) in [4.78, 5) is 13.4. The molecule has 0 unspecified atom stereocenters. The lowest BCUT2D eigenvalue weighted by atomic mass is 10.2. The molecule has 86 valence electrons. The van der Waals surface area contributed by atoms with E-state index in [1.54, 1.807) is 0 Å². The zero-order valence-corrected chi connectivity index (χ0v) is 9.53. The van der Waals surface area contributed by atoms with Gasteiger partial charge in [-0.2, -0.15) is 0 Å². The first-order valence-electron chi connectivity index (χ1n) is 5.52. The minimum Gasteiger partial charge on any atom is -0.463 e. The molecule has 1 rings (SSSR count). The second kappa shape index (κ2) is 6.58. The molecule has 1 atom stereocenters. The van der Waals surface area contributed by atoms with Gasteiger partial charge in [0.25, 0.3) is 0 Å². The van der Waals surface area contributed by atoms with Crippen LogP contribution in [0.4, 0.5) is 0 Å². The molecule has 1 aliphatic heterocycles. The summed E-state index contributed by atoms with van der Waals surface area (Å²) in [6.45, 7) is 8.34. The van der Waals surface area contributed by atoms with E-state index in [0.29, 0.717) is 12.6 Å². The van der Waals surface area contributed by atoms with Crippen molar-refractivity contribution in [3.05, 3.63) is 12.2 Å². The first kappa shape index (κ1) is 12.2. The lowest BCUT2D eigenvalue weighted by Gasteiger charge is -2.32. The fourth-order valence-electron chi connectivity index (χ4n) is 1.63. The lowest BCUT2D eigenvalue weighted by Crippen LogP contribution is -2.49. The standard InChI is InChI=1S/C11H20N2O2/c1-3-15-11(14)5-4-7-13-8-6-12-9-10(13)2/h4-5,10,12H,3,6-9H2,1-2H3/b5-4+/t10-/m0/s1. The highest BCUT2D eigenvalue weighted by Crippen LogP contribution is 2.01. The molecule has 15 heavy (non-hydrogen) atoms. The largest absolute Gasteiger partial charge is 0.463 e. The number of piperazine rings is 1. The number of hydrogen-bond donors (Lipinski definition) is 1. The first-order chi connectivity index (χ1) is 7.24. The zero-order valence-electron chi connectivity index (χ0n) is 9.53. The number of carbonyl (C=O) groups excluding carboxylic acids is 1. The fraction of sp³-hybridized carbons (Fsp3) is 0.727. The van der Waals surface area contributed by atoms with E-state index >= 15 is 0 Å². The van der Waals surface area contributed by atoms with Crippen LogP contribution in [0, 0.1) is 0 Å². The summed E-state index contributed by atoms with van der Waals surface area (Å²) >= 11 is 0. The monoisotopic (exact) mass is 212 g/mol. The van der Waals surface area contributed by atoms with E-state index in [2.05, 4.69) is 17.1 Å². The molecule has 0 bridgehead atoms. The average molecular weight is 212 g/mol. The van der Waals surface area contributed by atoms with Gasteiger partial charge in [0, 0.05) is 38.3 Å². The Morgan fingerprint density at radius 1 is 1.67 bits per heavy atom. The smallest absolute Gasteiger partial charge is 0.330 e. The molecule has 0 amide bonds. The second-order valence-electron chi connectivity index (χ2n) is 3.70. The van der Waals surface area contributed by atoms with Crippen LogP contribution in [0.1, 0.15) is 13.8 Å². The van der Waals surface area contributed by atoms with Crippen LogP contribution < -0.4 is 5.32 Å². The van der Waals surface area contributed by atoms with Gasteiger partial charge >= 0.3 is 5.97 Å². The van der Waals surface area contributed by atoms with Crippen molar-refractivity contribution in [3.8, 4) is 0 Å². The van der Waals surface area contributed by atoms with Gasteiger partial charge < -0.3 is 10.1 Å². The van der Waals surface area contributed by atoms with Gasteiger partial charge in [0.2, 0.25) is 0 Å². The molecule has 0 aromatic rings. The van der Waals surface area contributed by atoms with Crippen LogP contribution in [0.2, 0.25) is 0 Å². The van der Waals surface area contributed by atoms with Crippen molar-refractivity contribution in [2.45, 2.75) is 19.9 Å². The summed E-state index contributed by atoms with van der Waals surface area (Å²) in [5.74, 6) is -0.250. The van der Waals surface area contributed by atoms with Gasteiger partial charge in [-0.15, -0.1) is 0 Å². The maximum Gasteiger partial charge on any atom is 0.330 e. The van der Waals surface area contributed by atoms with Gasteiger partial charge in [0.15, 0.2) is 0 Å². The Labute approximate surface area is 91.3 Å². The Kier molecular flexibility index (Phi) is 5.36. The van der Waals surface area contributed by atoms with Crippen molar-refractivity contribution in [3.63, 3.8) is 0 Å². The van der Waals surface area contributed by atoms with Gasteiger partial charge in [-0.05, 0) is 13.8 Å². The summed E-state index contributed by atoms with van der Waals surface area (Å²) in [7, 11) is 0. The molecule has 1 aliphatic rings. The van der Waals surface area contributed by atoms with Crippen molar-refractivity contribution in [2.24, 2.45) is 0 Å². The van der Waals surface area contributed by atoms with E-state index in [1.807, 2.05) is 13.0 Å². The Morgan fingerprint density at radius 3 is 3.13 bits per heavy atom. The molecular weight excluding hydrogens is 192 g/mol. The molecule has 0 spiro atoms. The highest BCUT2D eigenvalue weighted by molar-refractivity contribution is 5.81. The quantitative estimate of drug-likeness (QED) is 0.541. The van der Waals surface area contributed by atoms with Crippen LogP contribution >= 0.6 is 0 Å². The van der Waals surface area contributed by atoms with Crippen LogP contribution in [-0.4, -0.2) is 49.7 Å². The van der Waals surface area contributed by atoms with E-state index in [1.165, 1.54) is 6.08 Å². The maximum absolute atomic E-state index is 11.0. The number of rotatable bonds is 4. The van der Waals surface area contributed by atoms with Crippen molar-refractivity contribution in [1.29, 1.82) is 0 Å². The van der Waals surface area contributed by atoms with Crippen LogP contribution in [0.15, 0.2) is 12.2 Å². The Bertz CT molecular complexity index is 229. The molecule has 0 aliphatic carbocycles. The molecule has 1 saturated heterocycles. The molecule has 4 heteroatoms. The third-order valence-corrected chi connectivity index (χ3v) is 2.52. The second-order valence-corrected chi connectivity index (χ2v) is 3.70. The van der Waals surface area contributed by atoms with Crippen molar-refractivity contribution in [1.82, 2.24) is 10.2 Å². The van der Waals surface area contributed by atoms with Crippen molar-refractivity contribution < 1.29 is 9.53 Å². The molecule has 1 N–H and O–H groups in total. The van der Waals surface area contributed by atoms with Gasteiger partial charge in [0.1, 0.15) is 0 Å². The molecular formula is C11H20N2O2. The van der Waals surface area contributed by atoms with E-state index in [9.17, 15) is 4.79 Å². The molecule has 0 saturated carbocycles. The van der Waals surface area contributed by atoms with Gasteiger partial charge in [-0.3, -0.25) is 4.90 Å². The Hall–Kier alpha value is -0.870. The van der Waals surface area contributed by atoms with E-state index in [-0.39, 0.29) is 5.97 Å². The highest BCUT2D eigenvalue weighted by atomic mass is 16.5. The minimum atomic E-state index is -0.250. The number of nitrogens with one attached hydrogen (secondary N) is 1. The van der Waals surface area contributed by atoms with Crippen LogP contribution in [-0.2, 0) is 9.53 Å². The molecule has 4 nitrogen and oxygen atoms in total. The average Bonchev–Trinajstić information content (AvgIpc) is 2.21. The number of carbonyl (C=O) groups is 1. The molecule has 1 heterocycles. The molecule has 0 aromatic heterocycles.